The van der Waals surface area contributed by atoms with Gasteiger partial charge < -0.3 is 0 Å². The van der Waals surface area contributed by atoms with Crippen LogP contribution in [0.3, 0.4) is 0 Å². The fourth-order valence-corrected chi connectivity index (χ4v) is 5.61. The molecule has 124 valence electrons. The van der Waals surface area contributed by atoms with Gasteiger partial charge in [-0.15, -0.1) is 11.8 Å². The third kappa shape index (κ3) is 4.48. The molecule has 2 unspecified atom stereocenters. The molecule has 1 aliphatic rings. The normalized spacial score (nSPS) is 19.7. The lowest BCUT2D eigenvalue weighted by Gasteiger charge is -2.32. The molecule has 0 fully saturated rings. The monoisotopic (exact) mass is 362 g/mol. The molecule has 0 saturated heterocycles. The number of nitriles is 2. The molecule has 3 rings (SSSR count). The number of hydrogen-bond donors (Lipinski definition) is 0. The van der Waals surface area contributed by atoms with Gasteiger partial charge in [-0.25, -0.2) is 0 Å². The van der Waals surface area contributed by atoms with Crippen LogP contribution in [0.5, 0.6) is 0 Å². The van der Waals surface area contributed by atoms with Crippen molar-refractivity contribution in [2.24, 2.45) is 11.8 Å². The molecule has 0 saturated carbocycles. The number of allylic oxidation sites excluding steroid dienone is 1. The van der Waals surface area contributed by atoms with E-state index >= 15 is 0 Å². The smallest absolute Gasteiger partial charge is 0.137 e. The Labute approximate surface area is 157 Å². The van der Waals surface area contributed by atoms with Crippen molar-refractivity contribution >= 4 is 23.5 Å². The van der Waals surface area contributed by atoms with Crippen LogP contribution in [0.2, 0.25) is 0 Å². The zero-order valence-electron chi connectivity index (χ0n) is 13.7. The van der Waals surface area contributed by atoms with Crippen molar-refractivity contribution in [3.8, 4) is 12.1 Å². The first kappa shape index (κ1) is 17.7. The molecule has 1 aliphatic carbocycles. The molecule has 0 radical (unpaired) electrons. The van der Waals surface area contributed by atoms with Crippen LogP contribution in [0.15, 0.2) is 81.4 Å². The highest BCUT2D eigenvalue weighted by Crippen LogP contribution is 2.46. The van der Waals surface area contributed by atoms with Crippen LogP contribution in [0, 0.1) is 34.5 Å². The zero-order valence-corrected chi connectivity index (χ0v) is 15.3. The lowest BCUT2D eigenvalue weighted by atomic mass is 9.84. The second kappa shape index (κ2) is 8.81. The van der Waals surface area contributed by atoms with E-state index in [9.17, 15) is 10.5 Å². The Morgan fingerprint density at radius 2 is 1.48 bits per heavy atom. The van der Waals surface area contributed by atoms with Gasteiger partial charge in [0, 0.05) is 21.0 Å². The van der Waals surface area contributed by atoms with Crippen LogP contribution in [0.1, 0.15) is 12.8 Å². The standard InChI is InChI=1S/C21H18N2S2/c22-14-16(15-23)19-12-7-13-20(24-17-8-3-1-4-9-17)21(19)25-18-10-5-2-6-11-18/h1-6,8-11,13,16,19,21H,7,12H2. The molecule has 0 amide bonds. The van der Waals surface area contributed by atoms with Crippen molar-refractivity contribution in [2.75, 3.05) is 0 Å². The minimum Gasteiger partial charge on any atom is -0.197 e. The molecule has 0 N–H and O–H groups in total. The Morgan fingerprint density at radius 1 is 0.880 bits per heavy atom. The van der Waals surface area contributed by atoms with Gasteiger partial charge in [0.15, 0.2) is 0 Å². The first-order valence-electron chi connectivity index (χ1n) is 8.25. The maximum Gasteiger partial charge on any atom is 0.137 e. The summed E-state index contributed by atoms with van der Waals surface area (Å²) in [5, 5.41) is 19.0. The van der Waals surface area contributed by atoms with Gasteiger partial charge in [-0.2, -0.15) is 10.5 Å². The van der Waals surface area contributed by atoms with Crippen LogP contribution < -0.4 is 0 Å². The summed E-state index contributed by atoms with van der Waals surface area (Å²) < 4.78 is 0. The Balaban J connectivity index is 1.89. The van der Waals surface area contributed by atoms with Crippen molar-refractivity contribution in [2.45, 2.75) is 27.9 Å². The molecule has 0 bridgehead atoms. The van der Waals surface area contributed by atoms with Gasteiger partial charge in [-0.3, -0.25) is 0 Å². The Hall–Kier alpha value is -2.14. The van der Waals surface area contributed by atoms with E-state index in [1.54, 1.807) is 23.5 Å². The molecular weight excluding hydrogens is 344 g/mol. The number of hydrogen-bond acceptors (Lipinski definition) is 4. The van der Waals surface area contributed by atoms with E-state index < -0.39 is 5.92 Å². The lowest BCUT2D eigenvalue weighted by Crippen LogP contribution is -2.28. The lowest BCUT2D eigenvalue weighted by molar-refractivity contribution is 0.435. The minimum atomic E-state index is -0.568. The highest BCUT2D eigenvalue weighted by atomic mass is 32.2. The van der Waals surface area contributed by atoms with Crippen LogP contribution in [-0.4, -0.2) is 5.25 Å². The van der Waals surface area contributed by atoms with Crippen molar-refractivity contribution in [1.82, 2.24) is 0 Å². The van der Waals surface area contributed by atoms with Crippen LogP contribution in [-0.2, 0) is 0 Å². The first-order valence-corrected chi connectivity index (χ1v) is 9.95. The van der Waals surface area contributed by atoms with E-state index in [1.807, 2.05) is 36.4 Å². The van der Waals surface area contributed by atoms with E-state index in [-0.39, 0.29) is 11.2 Å². The fraction of sp³-hybridized carbons (Fsp3) is 0.238. The van der Waals surface area contributed by atoms with E-state index in [2.05, 4.69) is 42.5 Å². The van der Waals surface area contributed by atoms with Gasteiger partial charge in [0.25, 0.3) is 0 Å². The number of nitrogens with zero attached hydrogens (tertiary/aromatic N) is 2. The van der Waals surface area contributed by atoms with Crippen molar-refractivity contribution in [3.05, 3.63) is 71.6 Å². The molecule has 2 aromatic rings. The third-order valence-electron chi connectivity index (χ3n) is 4.21. The summed E-state index contributed by atoms with van der Waals surface area (Å²) >= 11 is 3.52. The first-order chi connectivity index (χ1) is 12.3. The van der Waals surface area contributed by atoms with E-state index in [0.717, 1.165) is 12.8 Å². The molecule has 2 aromatic carbocycles. The Kier molecular flexibility index (Phi) is 6.23. The predicted octanol–water partition coefficient (Wildman–Crippen LogP) is 5.90. The molecular formula is C21H18N2S2. The van der Waals surface area contributed by atoms with E-state index in [4.69, 9.17) is 0 Å². The second-order valence-electron chi connectivity index (χ2n) is 5.85. The predicted molar refractivity (Wildman–Crippen MR) is 104 cm³/mol. The van der Waals surface area contributed by atoms with Crippen molar-refractivity contribution < 1.29 is 0 Å². The Morgan fingerprint density at radius 3 is 2.08 bits per heavy atom. The van der Waals surface area contributed by atoms with Crippen molar-refractivity contribution in [1.29, 1.82) is 10.5 Å². The fourth-order valence-electron chi connectivity index (χ4n) is 2.97. The summed E-state index contributed by atoms with van der Waals surface area (Å²) in [5.41, 5.74) is 0. The molecule has 2 atom stereocenters. The SMILES string of the molecule is N#CC(C#N)C1CCC=C(Sc2ccccc2)C1Sc1ccccc1. The summed E-state index contributed by atoms with van der Waals surface area (Å²) in [6.07, 6.45) is 4.08. The summed E-state index contributed by atoms with van der Waals surface area (Å²) in [6, 6.07) is 25.0. The largest absolute Gasteiger partial charge is 0.197 e. The summed E-state index contributed by atoms with van der Waals surface area (Å²) in [6.45, 7) is 0. The topological polar surface area (TPSA) is 47.6 Å². The molecule has 4 heteroatoms. The van der Waals surface area contributed by atoms with Crippen LogP contribution >= 0.6 is 23.5 Å². The molecule has 0 spiro atoms. The third-order valence-corrected chi connectivity index (χ3v) is 6.92. The molecule has 25 heavy (non-hydrogen) atoms. The molecule has 0 aromatic heterocycles. The molecule has 2 nitrogen and oxygen atoms in total. The van der Waals surface area contributed by atoms with Gasteiger partial charge in [-0.1, -0.05) is 54.2 Å². The molecule has 0 aliphatic heterocycles. The minimum absolute atomic E-state index is 0.0522. The van der Waals surface area contributed by atoms with Crippen LogP contribution in [0.25, 0.3) is 0 Å². The van der Waals surface area contributed by atoms with Crippen molar-refractivity contribution in [3.63, 3.8) is 0 Å². The average molecular weight is 363 g/mol. The number of rotatable bonds is 5. The maximum atomic E-state index is 9.43. The quantitative estimate of drug-likeness (QED) is 0.664. The van der Waals surface area contributed by atoms with Crippen LogP contribution in [0.4, 0.5) is 0 Å². The van der Waals surface area contributed by atoms with Gasteiger partial charge >= 0.3 is 0 Å². The van der Waals surface area contributed by atoms with Gasteiger partial charge in [-0.05, 0) is 42.0 Å². The van der Waals surface area contributed by atoms with E-state index in [0.29, 0.717) is 0 Å². The number of benzene rings is 2. The average Bonchev–Trinajstić information content (AvgIpc) is 2.67. The summed E-state index contributed by atoms with van der Waals surface area (Å²) in [5.74, 6) is -0.516. The van der Waals surface area contributed by atoms with Gasteiger partial charge in [0.05, 0.1) is 12.1 Å². The number of thioether (sulfide) groups is 2. The molecule has 0 heterocycles. The highest BCUT2D eigenvalue weighted by Gasteiger charge is 2.35. The maximum absolute atomic E-state index is 9.43. The highest BCUT2D eigenvalue weighted by molar-refractivity contribution is 8.06. The second-order valence-corrected chi connectivity index (χ2v) is 8.21. The van der Waals surface area contributed by atoms with Gasteiger partial charge in [0.2, 0.25) is 0 Å². The van der Waals surface area contributed by atoms with Gasteiger partial charge in [0.1, 0.15) is 5.92 Å². The zero-order chi connectivity index (χ0) is 17.5. The summed E-state index contributed by atoms with van der Waals surface area (Å²) in [4.78, 5) is 3.62. The summed E-state index contributed by atoms with van der Waals surface area (Å²) in [7, 11) is 0. The Bertz CT molecular complexity index is 789. The van der Waals surface area contributed by atoms with E-state index in [1.165, 1.54) is 14.7 Å².